The zero-order chi connectivity index (χ0) is 38.1. The van der Waals surface area contributed by atoms with Crippen molar-refractivity contribution in [3.05, 3.63) is 76.5 Å². The summed E-state index contributed by atoms with van der Waals surface area (Å²) in [6.45, 7) is 11.8. The highest BCUT2D eigenvalue weighted by Gasteiger charge is 2.31. The van der Waals surface area contributed by atoms with Gasteiger partial charge in [-0.25, -0.2) is 9.78 Å². The minimum absolute atomic E-state index is 0.226. The number of aromatic nitrogens is 5. The molecular formula is C41H53N9O5. The van der Waals surface area contributed by atoms with Gasteiger partial charge >= 0.3 is 5.69 Å². The van der Waals surface area contributed by atoms with E-state index in [9.17, 15) is 14.4 Å². The van der Waals surface area contributed by atoms with Crippen molar-refractivity contribution in [2.45, 2.75) is 58.0 Å². The third kappa shape index (κ3) is 9.33. The minimum atomic E-state index is -0.674. The van der Waals surface area contributed by atoms with Crippen molar-refractivity contribution in [2.75, 3.05) is 71.0 Å². The standard InChI is InChI=1S/C41H53N9O5/c1-3-15-42-40-44-27-33-32(26-43-38(33)46-40)31-10-7-30(8-11-31)28-49-18-16-48(17-19-49)20-24-55-23-5-22-54-21-4-6-29-9-12-34-36(25-29)47(2)41(53)50(34)35-13-14-37(51)45-39(35)52/h7-12,25-27,35H,3-6,13-24,28H2,1-2H3,(H,45,51,52)(H2,42,43,44,46)/t35-/m0/s1. The van der Waals surface area contributed by atoms with E-state index in [0.29, 0.717) is 37.7 Å². The molecule has 2 aliphatic rings. The highest BCUT2D eigenvalue weighted by atomic mass is 16.5. The summed E-state index contributed by atoms with van der Waals surface area (Å²) < 4.78 is 14.9. The molecule has 14 nitrogen and oxygen atoms in total. The molecule has 7 rings (SSSR count). The number of hydrogen-bond donors (Lipinski definition) is 3. The molecule has 5 heterocycles. The van der Waals surface area contributed by atoms with E-state index in [0.717, 1.165) is 111 Å². The summed E-state index contributed by atoms with van der Waals surface area (Å²) in [4.78, 5) is 54.5. The summed E-state index contributed by atoms with van der Waals surface area (Å²) in [6, 6.07) is 14.1. The number of rotatable bonds is 18. The Kier molecular flexibility index (Phi) is 12.7. The maximum atomic E-state index is 13.0. The summed E-state index contributed by atoms with van der Waals surface area (Å²) in [6.07, 6.45) is 8.05. The predicted octanol–water partition coefficient (Wildman–Crippen LogP) is 4.25. The monoisotopic (exact) mass is 751 g/mol. The first-order valence-corrected chi connectivity index (χ1v) is 19.7. The van der Waals surface area contributed by atoms with Gasteiger partial charge in [-0.05, 0) is 60.9 Å². The molecule has 0 unspecified atom stereocenters. The van der Waals surface area contributed by atoms with Crippen molar-refractivity contribution in [1.82, 2.24) is 39.2 Å². The number of piperazine rings is 1. The van der Waals surface area contributed by atoms with Crippen LogP contribution in [0.1, 0.15) is 56.2 Å². The van der Waals surface area contributed by atoms with Crippen molar-refractivity contribution < 1.29 is 19.1 Å². The molecule has 0 radical (unpaired) electrons. The van der Waals surface area contributed by atoms with E-state index >= 15 is 0 Å². The number of aromatic amines is 1. The largest absolute Gasteiger partial charge is 0.381 e. The van der Waals surface area contributed by atoms with Crippen LogP contribution in [0, 0.1) is 0 Å². The molecule has 2 fully saturated rings. The number of fused-ring (bicyclic) bond motifs is 2. The third-order valence-corrected chi connectivity index (χ3v) is 10.7. The second-order valence-corrected chi connectivity index (χ2v) is 14.6. The topological polar surface area (TPSA) is 152 Å². The van der Waals surface area contributed by atoms with Gasteiger partial charge in [0.05, 0.1) is 17.6 Å². The molecule has 5 aromatic rings. The maximum absolute atomic E-state index is 13.0. The first-order chi connectivity index (χ1) is 26.9. The number of amides is 2. The van der Waals surface area contributed by atoms with Gasteiger partial charge in [-0.3, -0.25) is 33.8 Å². The number of aryl methyl sites for hydroxylation is 2. The molecule has 2 aromatic carbocycles. The van der Waals surface area contributed by atoms with Crippen LogP contribution in [0.3, 0.4) is 0 Å². The molecule has 0 bridgehead atoms. The molecule has 14 heteroatoms. The number of imidazole rings is 1. The SMILES string of the molecule is CCCNc1ncc2c(-c3ccc(CN4CCN(CCOCCCOCCCc5ccc6c(c5)n(C)c(=O)n6[C@H]5CCC(=O)NC5=O)CC4)cc3)c[nH]c2n1. The number of H-pyrrole nitrogens is 1. The van der Waals surface area contributed by atoms with Crippen LogP contribution in [0.15, 0.2) is 59.7 Å². The number of nitrogens with one attached hydrogen (secondary N) is 3. The van der Waals surface area contributed by atoms with Gasteiger partial charge in [0, 0.05) is 102 Å². The average Bonchev–Trinajstić information content (AvgIpc) is 3.73. The van der Waals surface area contributed by atoms with Crippen molar-refractivity contribution >= 4 is 39.8 Å². The Morgan fingerprint density at radius 3 is 2.42 bits per heavy atom. The van der Waals surface area contributed by atoms with Crippen LogP contribution in [-0.2, 0) is 39.1 Å². The smallest absolute Gasteiger partial charge is 0.329 e. The van der Waals surface area contributed by atoms with Crippen molar-refractivity contribution in [2.24, 2.45) is 7.05 Å². The van der Waals surface area contributed by atoms with Crippen molar-refractivity contribution in [3.63, 3.8) is 0 Å². The molecule has 2 amide bonds. The van der Waals surface area contributed by atoms with E-state index in [4.69, 9.17) is 9.47 Å². The van der Waals surface area contributed by atoms with E-state index < -0.39 is 11.9 Å². The Morgan fingerprint density at radius 1 is 0.891 bits per heavy atom. The van der Waals surface area contributed by atoms with Crippen molar-refractivity contribution in [1.29, 1.82) is 0 Å². The zero-order valence-corrected chi connectivity index (χ0v) is 32.0. The van der Waals surface area contributed by atoms with E-state index in [-0.39, 0.29) is 18.0 Å². The first kappa shape index (κ1) is 38.4. The average molecular weight is 752 g/mol. The van der Waals surface area contributed by atoms with E-state index in [1.54, 1.807) is 11.6 Å². The molecule has 3 aromatic heterocycles. The Morgan fingerprint density at radius 2 is 1.64 bits per heavy atom. The van der Waals surface area contributed by atoms with Crippen LogP contribution >= 0.6 is 0 Å². The molecule has 0 spiro atoms. The van der Waals surface area contributed by atoms with Gasteiger partial charge < -0.3 is 19.8 Å². The van der Waals surface area contributed by atoms with Gasteiger partial charge in [0.1, 0.15) is 11.7 Å². The molecule has 2 saturated heterocycles. The summed E-state index contributed by atoms with van der Waals surface area (Å²) in [7, 11) is 1.72. The Bertz CT molecular complexity index is 2130. The fraction of sp³-hybridized carbons (Fsp3) is 0.488. The third-order valence-electron chi connectivity index (χ3n) is 10.7. The Balaban J connectivity index is 0.742. The van der Waals surface area contributed by atoms with Crippen LogP contribution in [0.4, 0.5) is 5.95 Å². The second-order valence-electron chi connectivity index (χ2n) is 14.6. The fourth-order valence-corrected chi connectivity index (χ4v) is 7.52. The Hall–Kier alpha value is -4.89. The van der Waals surface area contributed by atoms with E-state index in [2.05, 4.69) is 66.6 Å². The molecule has 55 heavy (non-hydrogen) atoms. The molecule has 0 aliphatic carbocycles. The van der Waals surface area contributed by atoms with Crippen LogP contribution in [0.5, 0.6) is 0 Å². The number of hydrogen-bond acceptors (Lipinski definition) is 10. The van der Waals surface area contributed by atoms with E-state index in [1.165, 1.54) is 10.1 Å². The predicted molar refractivity (Wildman–Crippen MR) is 213 cm³/mol. The number of piperidine rings is 1. The summed E-state index contributed by atoms with van der Waals surface area (Å²) in [5, 5.41) is 6.63. The first-order valence-electron chi connectivity index (χ1n) is 19.7. The van der Waals surface area contributed by atoms with Gasteiger partial charge in [0.25, 0.3) is 0 Å². The number of anilines is 1. The lowest BCUT2D eigenvalue weighted by molar-refractivity contribution is -0.135. The molecule has 1 atom stereocenters. The van der Waals surface area contributed by atoms with Gasteiger partial charge in [-0.15, -0.1) is 0 Å². The van der Waals surface area contributed by atoms with Gasteiger partial charge in [0.2, 0.25) is 17.8 Å². The van der Waals surface area contributed by atoms with Gasteiger partial charge in [-0.2, -0.15) is 4.98 Å². The maximum Gasteiger partial charge on any atom is 0.329 e. The summed E-state index contributed by atoms with van der Waals surface area (Å²) >= 11 is 0. The van der Waals surface area contributed by atoms with Crippen LogP contribution < -0.4 is 16.3 Å². The normalized spacial score (nSPS) is 17.0. The van der Waals surface area contributed by atoms with Crippen LogP contribution in [0.2, 0.25) is 0 Å². The molecule has 0 saturated carbocycles. The molecule has 2 aliphatic heterocycles. The number of ether oxygens (including phenoxy) is 2. The second kappa shape index (κ2) is 18.2. The molecule has 292 valence electrons. The molecular weight excluding hydrogens is 699 g/mol. The number of benzene rings is 2. The summed E-state index contributed by atoms with van der Waals surface area (Å²) in [5.74, 6) is -0.0591. The quantitative estimate of drug-likeness (QED) is 0.0876. The van der Waals surface area contributed by atoms with Crippen molar-refractivity contribution in [3.8, 4) is 11.1 Å². The highest BCUT2D eigenvalue weighted by molar-refractivity contribution is 6.00. The lowest BCUT2D eigenvalue weighted by Crippen LogP contribution is -2.46. The van der Waals surface area contributed by atoms with Crippen LogP contribution in [-0.4, -0.2) is 111 Å². The van der Waals surface area contributed by atoms with Gasteiger partial charge in [0.15, 0.2) is 0 Å². The number of carbonyl (C=O) groups excluding carboxylic acids is 2. The fourth-order valence-electron chi connectivity index (χ4n) is 7.52. The van der Waals surface area contributed by atoms with E-state index in [1.807, 2.05) is 30.6 Å². The number of imide groups is 1. The lowest BCUT2D eigenvalue weighted by Gasteiger charge is -2.34. The molecule has 3 N–H and O–H groups in total. The van der Waals surface area contributed by atoms with Gasteiger partial charge in [-0.1, -0.05) is 37.3 Å². The Labute approximate surface area is 321 Å². The number of carbonyl (C=O) groups is 2. The highest BCUT2D eigenvalue weighted by Crippen LogP contribution is 2.29. The van der Waals surface area contributed by atoms with Crippen LogP contribution in [0.25, 0.3) is 33.2 Å². The summed E-state index contributed by atoms with van der Waals surface area (Å²) in [5.41, 5.74) is 6.78. The lowest BCUT2D eigenvalue weighted by atomic mass is 10.0. The minimum Gasteiger partial charge on any atom is -0.381 e. The zero-order valence-electron chi connectivity index (χ0n) is 32.0. The number of nitrogens with zero attached hydrogens (tertiary/aromatic N) is 6.